The highest BCUT2D eigenvalue weighted by molar-refractivity contribution is 5.89. The van der Waals surface area contributed by atoms with Crippen LogP contribution in [0.1, 0.15) is 44.2 Å². The van der Waals surface area contributed by atoms with Crippen LogP contribution in [0.2, 0.25) is 0 Å². The molecule has 2 aliphatic carbocycles. The predicted molar refractivity (Wildman–Crippen MR) is 95.5 cm³/mol. The van der Waals surface area contributed by atoms with Gasteiger partial charge in [-0.2, -0.15) is 0 Å². The number of Topliss-reactive ketones (excluding diaryl/α,β-unsaturated/α-hetero) is 1. The van der Waals surface area contributed by atoms with Crippen molar-refractivity contribution in [3.05, 3.63) is 23.3 Å². The van der Waals surface area contributed by atoms with Gasteiger partial charge < -0.3 is 14.4 Å². The lowest BCUT2D eigenvalue weighted by Crippen LogP contribution is -2.67. The maximum absolute atomic E-state index is 12.8. The van der Waals surface area contributed by atoms with Gasteiger partial charge >= 0.3 is 0 Å². The van der Waals surface area contributed by atoms with Gasteiger partial charge in [-0.25, -0.2) is 0 Å². The molecule has 0 N–H and O–H groups in total. The van der Waals surface area contributed by atoms with Crippen molar-refractivity contribution in [3.63, 3.8) is 0 Å². The number of piperidine rings is 1. The van der Waals surface area contributed by atoms with Crippen molar-refractivity contribution >= 4 is 11.7 Å². The van der Waals surface area contributed by atoms with Crippen molar-refractivity contribution in [1.82, 2.24) is 4.90 Å². The number of methoxy groups -OCH3 is 1. The van der Waals surface area contributed by atoms with Crippen molar-refractivity contribution in [1.29, 1.82) is 0 Å². The largest absolute Gasteiger partial charge is 0.493 e. The first kappa shape index (κ1) is 16.2. The minimum absolute atomic E-state index is 0.00211. The molecule has 2 heterocycles. The molecule has 0 unspecified atom stereocenters. The van der Waals surface area contributed by atoms with Gasteiger partial charge in [0.05, 0.1) is 12.5 Å². The first-order valence-corrected chi connectivity index (χ1v) is 9.69. The molecule has 26 heavy (non-hydrogen) atoms. The quantitative estimate of drug-likeness (QED) is 0.818. The molecule has 1 spiro atoms. The van der Waals surface area contributed by atoms with Gasteiger partial charge in [-0.1, -0.05) is 19.9 Å². The summed E-state index contributed by atoms with van der Waals surface area (Å²) in [5, 5.41) is 0. The van der Waals surface area contributed by atoms with Crippen LogP contribution in [0.4, 0.5) is 0 Å². The molecule has 5 nitrogen and oxygen atoms in total. The number of ketones is 1. The number of benzene rings is 1. The highest BCUT2D eigenvalue weighted by atomic mass is 16.5. The molecule has 0 aromatic heterocycles. The Morgan fingerprint density at radius 3 is 2.92 bits per heavy atom. The Morgan fingerprint density at radius 1 is 1.38 bits per heavy atom. The standard InChI is InChI=1S/C21H25NO4/c1-11(2)20(24)22-9-8-21-13-5-6-15(23)19(21)26-18-16(25-3)7-4-12(17(18)21)10-14(13)22/h4,7,11,13-14,19H,5-6,8-10H2,1-3H3/t13-,14+,19-,21-/m0/s1. The number of amides is 1. The summed E-state index contributed by atoms with van der Waals surface area (Å²) in [7, 11) is 1.65. The van der Waals surface area contributed by atoms with E-state index in [0.717, 1.165) is 30.8 Å². The van der Waals surface area contributed by atoms with Crippen LogP contribution < -0.4 is 9.47 Å². The second-order valence-corrected chi connectivity index (χ2v) is 8.49. The zero-order chi connectivity index (χ0) is 18.2. The first-order chi connectivity index (χ1) is 12.5. The normalized spacial score (nSPS) is 33.8. The van der Waals surface area contributed by atoms with E-state index in [2.05, 4.69) is 11.0 Å². The smallest absolute Gasteiger partial charge is 0.225 e. The van der Waals surface area contributed by atoms with Crippen molar-refractivity contribution in [2.75, 3.05) is 13.7 Å². The monoisotopic (exact) mass is 355 g/mol. The van der Waals surface area contributed by atoms with Gasteiger partial charge in [0, 0.05) is 30.5 Å². The Bertz CT molecular complexity index is 816. The fourth-order valence-corrected chi connectivity index (χ4v) is 6.08. The molecule has 5 rings (SSSR count). The average Bonchev–Trinajstić information content (AvgIpc) is 2.97. The summed E-state index contributed by atoms with van der Waals surface area (Å²) in [5.41, 5.74) is 2.15. The van der Waals surface area contributed by atoms with Crippen molar-refractivity contribution < 1.29 is 19.1 Å². The van der Waals surface area contributed by atoms with E-state index in [0.29, 0.717) is 18.9 Å². The van der Waals surface area contributed by atoms with Gasteiger partial charge in [-0.15, -0.1) is 0 Å². The molecule has 5 heteroatoms. The molecule has 138 valence electrons. The molecule has 4 atom stereocenters. The zero-order valence-corrected chi connectivity index (χ0v) is 15.6. The van der Waals surface area contributed by atoms with Gasteiger partial charge in [-0.3, -0.25) is 9.59 Å². The Labute approximate surface area is 153 Å². The lowest BCUT2D eigenvalue weighted by molar-refractivity contribution is -0.150. The fourth-order valence-electron chi connectivity index (χ4n) is 6.08. The second kappa shape index (κ2) is 5.24. The lowest BCUT2D eigenvalue weighted by Gasteiger charge is -2.57. The molecule has 1 saturated heterocycles. The van der Waals surface area contributed by atoms with Crippen LogP contribution in [0.3, 0.4) is 0 Å². The predicted octanol–water partition coefficient (Wildman–Crippen LogP) is 2.49. The van der Waals surface area contributed by atoms with E-state index in [1.165, 1.54) is 11.1 Å². The van der Waals surface area contributed by atoms with Crippen LogP contribution in [0.15, 0.2) is 12.1 Å². The summed E-state index contributed by atoms with van der Waals surface area (Å²) in [6.07, 6.45) is 2.63. The van der Waals surface area contributed by atoms with Gasteiger partial charge in [0.2, 0.25) is 5.91 Å². The summed E-state index contributed by atoms with van der Waals surface area (Å²) in [6, 6.07) is 4.22. The molecule has 2 bridgehead atoms. The highest BCUT2D eigenvalue weighted by Gasteiger charge is 2.66. The molecule has 1 amide bonds. The summed E-state index contributed by atoms with van der Waals surface area (Å²) < 4.78 is 11.8. The minimum atomic E-state index is -0.412. The van der Waals surface area contributed by atoms with Gasteiger partial charge in [0.15, 0.2) is 23.4 Å². The van der Waals surface area contributed by atoms with E-state index >= 15 is 0 Å². The van der Waals surface area contributed by atoms with Crippen LogP contribution in [-0.2, 0) is 21.4 Å². The summed E-state index contributed by atoms with van der Waals surface area (Å²) in [6.45, 7) is 4.65. The number of carbonyl (C=O) groups excluding carboxylic acids is 2. The van der Waals surface area contributed by atoms with Gasteiger partial charge in [-0.05, 0) is 36.8 Å². The van der Waals surface area contributed by atoms with Crippen molar-refractivity contribution in [2.45, 2.75) is 57.1 Å². The minimum Gasteiger partial charge on any atom is -0.493 e. The Hall–Kier alpha value is -2.04. The van der Waals surface area contributed by atoms with Crippen LogP contribution >= 0.6 is 0 Å². The van der Waals surface area contributed by atoms with Crippen LogP contribution in [-0.4, -0.2) is 42.4 Å². The summed E-state index contributed by atoms with van der Waals surface area (Å²) >= 11 is 0. The van der Waals surface area contributed by atoms with Crippen molar-refractivity contribution in [2.24, 2.45) is 11.8 Å². The molecule has 0 radical (unpaired) electrons. The molecular weight excluding hydrogens is 330 g/mol. The van der Waals surface area contributed by atoms with E-state index < -0.39 is 6.10 Å². The number of hydrogen-bond donors (Lipinski definition) is 0. The molecule has 4 aliphatic rings. The average molecular weight is 355 g/mol. The number of carbonyl (C=O) groups is 2. The highest BCUT2D eigenvalue weighted by Crippen LogP contribution is 2.63. The van der Waals surface area contributed by atoms with E-state index in [-0.39, 0.29) is 29.1 Å². The van der Waals surface area contributed by atoms with Gasteiger partial charge in [0.1, 0.15) is 0 Å². The molecule has 2 fully saturated rings. The SMILES string of the molecule is COc1ccc2c3c1O[C@H]1C(=O)CC[C@H]4[C@@H](C2)N(C(=O)C(C)C)CC[C@]314. The third-order valence-electron chi connectivity index (χ3n) is 7.09. The number of likely N-dealkylation sites (tertiary alicyclic amines) is 1. The molecule has 1 saturated carbocycles. The Morgan fingerprint density at radius 2 is 2.19 bits per heavy atom. The molecule has 1 aromatic rings. The zero-order valence-electron chi connectivity index (χ0n) is 15.6. The summed E-state index contributed by atoms with van der Waals surface area (Å²) in [5.74, 6) is 2.22. The number of hydrogen-bond acceptors (Lipinski definition) is 4. The first-order valence-electron chi connectivity index (χ1n) is 9.69. The molecular formula is C21H25NO4. The van der Waals surface area contributed by atoms with E-state index in [1.54, 1.807) is 7.11 Å². The van der Waals surface area contributed by atoms with E-state index in [4.69, 9.17) is 9.47 Å². The Balaban J connectivity index is 1.70. The topological polar surface area (TPSA) is 55.8 Å². The van der Waals surface area contributed by atoms with E-state index in [9.17, 15) is 9.59 Å². The number of ether oxygens (including phenoxy) is 2. The van der Waals surface area contributed by atoms with Crippen LogP contribution in [0.25, 0.3) is 0 Å². The Kier molecular flexibility index (Phi) is 3.26. The maximum Gasteiger partial charge on any atom is 0.225 e. The molecule has 2 aliphatic heterocycles. The maximum atomic E-state index is 12.8. The summed E-state index contributed by atoms with van der Waals surface area (Å²) in [4.78, 5) is 27.7. The third kappa shape index (κ3) is 1.76. The molecule has 1 aromatic carbocycles. The van der Waals surface area contributed by atoms with Crippen LogP contribution in [0.5, 0.6) is 11.5 Å². The number of rotatable bonds is 2. The van der Waals surface area contributed by atoms with E-state index in [1.807, 2.05) is 19.9 Å². The lowest BCUT2D eigenvalue weighted by atomic mass is 9.51. The second-order valence-electron chi connectivity index (χ2n) is 8.49. The number of nitrogens with zero attached hydrogens (tertiary/aromatic N) is 1. The third-order valence-corrected chi connectivity index (χ3v) is 7.09. The fraction of sp³-hybridized carbons (Fsp3) is 0.619. The van der Waals surface area contributed by atoms with Gasteiger partial charge in [0.25, 0.3) is 0 Å². The van der Waals surface area contributed by atoms with Crippen molar-refractivity contribution in [3.8, 4) is 11.5 Å². The van der Waals surface area contributed by atoms with Crippen LogP contribution in [0, 0.1) is 11.8 Å².